The van der Waals surface area contributed by atoms with Crippen molar-refractivity contribution in [2.45, 2.75) is 33.4 Å². The van der Waals surface area contributed by atoms with Gasteiger partial charge in [-0.3, -0.25) is 4.68 Å². The molecule has 0 aliphatic carbocycles. The van der Waals surface area contributed by atoms with Crippen LogP contribution < -0.4 is 5.32 Å². The van der Waals surface area contributed by atoms with Crippen LogP contribution in [0.4, 0.5) is 4.39 Å². The van der Waals surface area contributed by atoms with Crippen molar-refractivity contribution >= 4 is 11.6 Å². The van der Waals surface area contributed by atoms with Crippen LogP contribution in [-0.2, 0) is 13.1 Å². The lowest BCUT2D eigenvalue weighted by Gasteiger charge is -2.07. The summed E-state index contributed by atoms with van der Waals surface area (Å²) < 4.78 is 15.0. The summed E-state index contributed by atoms with van der Waals surface area (Å²) in [5, 5.41) is 7.91. The lowest BCUT2D eigenvalue weighted by Crippen LogP contribution is -2.17. The summed E-state index contributed by atoms with van der Waals surface area (Å²) in [6.45, 7) is 6.54. The summed E-state index contributed by atoms with van der Waals surface area (Å²) in [7, 11) is 0. The highest BCUT2D eigenvalue weighted by molar-refractivity contribution is 6.30. The Bertz CT molecular complexity index is 580. The molecule has 1 heterocycles. The molecular weight excluding hydrogens is 277 g/mol. The molecule has 2 aromatic rings. The molecule has 0 unspecified atom stereocenters. The summed E-state index contributed by atoms with van der Waals surface area (Å²) in [5.74, 6) is -0.375. The van der Waals surface area contributed by atoms with Gasteiger partial charge in [-0.15, -0.1) is 0 Å². The van der Waals surface area contributed by atoms with Crippen molar-refractivity contribution in [3.63, 3.8) is 0 Å². The van der Waals surface area contributed by atoms with Gasteiger partial charge in [0, 0.05) is 18.8 Å². The highest BCUT2D eigenvalue weighted by Crippen LogP contribution is 2.15. The number of hydrogen-bond acceptors (Lipinski definition) is 2. The highest BCUT2D eigenvalue weighted by atomic mass is 35.5. The Balaban J connectivity index is 1.71. The standard InChI is InChI=1S/C15H19ClFN3/c1-11-8-12(2)20(19-11)7-3-6-18-10-13-4-5-15(17)14(16)9-13/h4-5,8-9,18H,3,6-7,10H2,1-2H3. The summed E-state index contributed by atoms with van der Waals surface area (Å²) in [6, 6.07) is 6.88. The average molecular weight is 296 g/mol. The van der Waals surface area contributed by atoms with Crippen LogP contribution >= 0.6 is 11.6 Å². The Kier molecular flexibility index (Phi) is 5.15. The minimum atomic E-state index is -0.375. The maximum atomic E-state index is 13.0. The molecule has 1 N–H and O–H groups in total. The normalized spacial score (nSPS) is 11.0. The van der Waals surface area contributed by atoms with Crippen molar-refractivity contribution in [1.29, 1.82) is 0 Å². The van der Waals surface area contributed by atoms with Gasteiger partial charge < -0.3 is 5.32 Å². The second-order valence-corrected chi connectivity index (χ2v) is 5.34. The maximum absolute atomic E-state index is 13.0. The van der Waals surface area contributed by atoms with Crippen molar-refractivity contribution in [1.82, 2.24) is 15.1 Å². The summed E-state index contributed by atoms with van der Waals surface area (Å²) >= 11 is 5.74. The van der Waals surface area contributed by atoms with Gasteiger partial charge in [0.1, 0.15) is 5.82 Å². The SMILES string of the molecule is Cc1cc(C)n(CCCNCc2ccc(F)c(Cl)c2)n1. The van der Waals surface area contributed by atoms with Crippen molar-refractivity contribution in [2.24, 2.45) is 0 Å². The molecule has 0 saturated heterocycles. The van der Waals surface area contributed by atoms with E-state index in [-0.39, 0.29) is 10.8 Å². The smallest absolute Gasteiger partial charge is 0.141 e. The largest absolute Gasteiger partial charge is 0.313 e. The zero-order valence-corrected chi connectivity index (χ0v) is 12.5. The fourth-order valence-electron chi connectivity index (χ4n) is 2.14. The van der Waals surface area contributed by atoms with Crippen LogP contribution in [0, 0.1) is 19.7 Å². The van der Waals surface area contributed by atoms with E-state index in [9.17, 15) is 4.39 Å². The molecule has 1 aromatic carbocycles. The van der Waals surface area contributed by atoms with E-state index in [1.165, 1.54) is 11.8 Å². The quantitative estimate of drug-likeness (QED) is 0.827. The second kappa shape index (κ2) is 6.86. The van der Waals surface area contributed by atoms with Gasteiger partial charge in [-0.25, -0.2) is 4.39 Å². The maximum Gasteiger partial charge on any atom is 0.141 e. The monoisotopic (exact) mass is 295 g/mol. The number of aromatic nitrogens is 2. The van der Waals surface area contributed by atoms with Crippen LogP contribution in [-0.4, -0.2) is 16.3 Å². The molecule has 0 atom stereocenters. The van der Waals surface area contributed by atoms with Crippen molar-refractivity contribution in [3.05, 3.63) is 52.1 Å². The Morgan fingerprint density at radius 2 is 2.10 bits per heavy atom. The van der Waals surface area contributed by atoms with E-state index in [1.807, 2.05) is 11.6 Å². The molecule has 20 heavy (non-hydrogen) atoms. The predicted octanol–water partition coefficient (Wildman–Crippen LogP) is 3.47. The lowest BCUT2D eigenvalue weighted by atomic mass is 10.2. The third kappa shape index (κ3) is 4.05. The molecule has 0 spiro atoms. The molecule has 0 radical (unpaired) electrons. The van der Waals surface area contributed by atoms with Crippen molar-refractivity contribution in [2.75, 3.05) is 6.54 Å². The van der Waals surface area contributed by atoms with Gasteiger partial charge in [0.05, 0.1) is 10.7 Å². The van der Waals surface area contributed by atoms with Crippen LogP contribution in [0.1, 0.15) is 23.4 Å². The molecule has 0 amide bonds. The van der Waals surface area contributed by atoms with Gasteiger partial charge in [0.15, 0.2) is 0 Å². The molecule has 3 nitrogen and oxygen atoms in total. The highest BCUT2D eigenvalue weighted by Gasteiger charge is 2.02. The first-order valence-corrected chi connectivity index (χ1v) is 7.10. The zero-order chi connectivity index (χ0) is 14.5. The minimum absolute atomic E-state index is 0.173. The summed E-state index contributed by atoms with van der Waals surface area (Å²) in [4.78, 5) is 0. The number of halogens is 2. The molecule has 0 saturated carbocycles. The van der Waals surface area contributed by atoms with E-state index in [1.54, 1.807) is 12.1 Å². The Morgan fingerprint density at radius 1 is 1.30 bits per heavy atom. The first kappa shape index (κ1) is 15.0. The van der Waals surface area contributed by atoms with E-state index < -0.39 is 0 Å². The fraction of sp³-hybridized carbons (Fsp3) is 0.400. The zero-order valence-electron chi connectivity index (χ0n) is 11.8. The number of nitrogens with zero attached hydrogens (tertiary/aromatic N) is 2. The molecular formula is C15H19ClFN3. The van der Waals surface area contributed by atoms with Crippen LogP contribution in [0.15, 0.2) is 24.3 Å². The van der Waals surface area contributed by atoms with E-state index >= 15 is 0 Å². The third-order valence-corrected chi connectivity index (χ3v) is 3.43. The first-order chi connectivity index (χ1) is 9.56. The molecule has 0 bridgehead atoms. The molecule has 1 aromatic heterocycles. The molecule has 5 heteroatoms. The van der Waals surface area contributed by atoms with Gasteiger partial charge in [-0.2, -0.15) is 5.10 Å². The first-order valence-electron chi connectivity index (χ1n) is 6.72. The number of rotatable bonds is 6. The molecule has 2 rings (SSSR count). The minimum Gasteiger partial charge on any atom is -0.313 e. The number of nitrogens with one attached hydrogen (secondary N) is 1. The van der Waals surface area contributed by atoms with Crippen LogP contribution in [0.5, 0.6) is 0 Å². The fourth-order valence-corrected chi connectivity index (χ4v) is 2.34. The Hall–Kier alpha value is -1.39. The van der Waals surface area contributed by atoms with Gasteiger partial charge in [0.2, 0.25) is 0 Å². The van der Waals surface area contributed by atoms with E-state index in [0.717, 1.165) is 30.8 Å². The number of hydrogen-bond donors (Lipinski definition) is 1. The van der Waals surface area contributed by atoms with E-state index in [2.05, 4.69) is 23.4 Å². The van der Waals surface area contributed by atoms with E-state index in [0.29, 0.717) is 6.54 Å². The van der Waals surface area contributed by atoms with Gasteiger partial charge >= 0.3 is 0 Å². The molecule has 0 aliphatic heterocycles. The van der Waals surface area contributed by atoms with Crippen molar-refractivity contribution < 1.29 is 4.39 Å². The number of benzene rings is 1. The average Bonchev–Trinajstić information content (AvgIpc) is 2.72. The predicted molar refractivity (Wildman–Crippen MR) is 79.4 cm³/mol. The topological polar surface area (TPSA) is 29.9 Å². The Labute approximate surface area is 123 Å². The van der Waals surface area contributed by atoms with Crippen LogP contribution in [0.25, 0.3) is 0 Å². The van der Waals surface area contributed by atoms with Gasteiger partial charge in [-0.05, 0) is 50.6 Å². The molecule has 108 valence electrons. The van der Waals surface area contributed by atoms with E-state index in [4.69, 9.17) is 11.6 Å². The van der Waals surface area contributed by atoms with Crippen LogP contribution in [0.3, 0.4) is 0 Å². The molecule has 0 aliphatic rings. The van der Waals surface area contributed by atoms with Crippen molar-refractivity contribution in [3.8, 4) is 0 Å². The van der Waals surface area contributed by atoms with Crippen LogP contribution in [0.2, 0.25) is 5.02 Å². The third-order valence-electron chi connectivity index (χ3n) is 3.14. The number of aryl methyl sites for hydroxylation is 3. The lowest BCUT2D eigenvalue weighted by molar-refractivity contribution is 0.532. The summed E-state index contributed by atoms with van der Waals surface area (Å²) in [5.41, 5.74) is 3.23. The molecule has 0 fully saturated rings. The second-order valence-electron chi connectivity index (χ2n) is 4.93. The Morgan fingerprint density at radius 3 is 2.75 bits per heavy atom. The van der Waals surface area contributed by atoms with Gasteiger partial charge in [-0.1, -0.05) is 17.7 Å². The summed E-state index contributed by atoms with van der Waals surface area (Å²) in [6.07, 6.45) is 0.997. The van der Waals surface area contributed by atoms with Gasteiger partial charge in [0.25, 0.3) is 0 Å².